The molecular weight excluding hydrogens is 306 g/mol. The van der Waals surface area contributed by atoms with E-state index < -0.39 is 0 Å². The first-order valence-electron chi connectivity index (χ1n) is 8.30. The van der Waals surface area contributed by atoms with Crippen molar-refractivity contribution in [2.45, 2.75) is 25.6 Å². The van der Waals surface area contributed by atoms with Crippen molar-refractivity contribution in [3.63, 3.8) is 0 Å². The van der Waals surface area contributed by atoms with Gasteiger partial charge in [0.15, 0.2) is 17.6 Å². The number of nitrogens with zero attached hydrogens (tertiary/aromatic N) is 2. The third kappa shape index (κ3) is 2.68. The summed E-state index contributed by atoms with van der Waals surface area (Å²) in [6.07, 6.45) is 1.89. The van der Waals surface area contributed by atoms with Crippen molar-refractivity contribution < 1.29 is 14.3 Å². The van der Waals surface area contributed by atoms with Gasteiger partial charge in [0, 0.05) is 25.0 Å². The second-order valence-electron chi connectivity index (χ2n) is 6.18. The zero-order valence-electron chi connectivity index (χ0n) is 13.6. The van der Waals surface area contributed by atoms with Crippen molar-refractivity contribution >= 4 is 6.03 Å². The van der Waals surface area contributed by atoms with Crippen LogP contribution in [0.4, 0.5) is 4.79 Å². The standard InChI is InChI=1S/C18H21N3O3/c1-13-15-5-4-8-20(15)9-10-21(13)18(22)19-11-14-12-23-16-6-2-3-7-17(16)24-14/h2-8,13-14H,9-12H2,1H3,(H,19,22)/t13-,14+/m0/s1. The Labute approximate surface area is 141 Å². The molecule has 4 rings (SSSR count). The fraction of sp³-hybridized carbons (Fsp3) is 0.389. The van der Waals surface area contributed by atoms with E-state index in [9.17, 15) is 4.79 Å². The lowest BCUT2D eigenvalue weighted by Crippen LogP contribution is -2.49. The van der Waals surface area contributed by atoms with Crippen molar-refractivity contribution in [3.8, 4) is 11.5 Å². The molecule has 0 fully saturated rings. The number of hydrogen-bond acceptors (Lipinski definition) is 3. The van der Waals surface area contributed by atoms with E-state index in [4.69, 9.17) is 9.47 Å². The van der Waals surface area contributed by atoms with Crippen LogP contribution < -0.4 is 14.8 Å². The van der Waals surface area contributed by atoms with Crippen LogP contribution >= 0.6 is 0 Å². The summed E-state index contributed by atoms with van der Waals surface area (Å²) in [6, 6.07) is 11.7. The van der Waals surface area contributed by atoms with Crippen molar-refractivity contribution in [2.75, 3.05) is 19.7 Å². The second kappa shape index (κ2) is 6.11. The molecule has 0 radical (unpaired) electrons. The van der Waals surface area contributed by atoms with Gasteiger partial charge in [-0.1, -0.05) is 12.1 Å². The van der Waals surface area contributed by atoms with Crippen LogP contribution in [0.3, 0.4) is 0 Å². The van der Waals surface area contributed by atoms with Gasteiger partial charge in [0.05, 0.1) is 12.6 Å². The highest BCUT2D eigenvalue weighted by Crippen LogP contribution is 2.30. The minimum Gasteiger partial charge on any atom is -0.486 e. The number of rotatable bonds is 2. The summed E-state index contributed by atoms with van der Waals surface area (Å²) >= 11 is 0. The van der Waals surface area contributed by atoms with E-state index in [0.29, 0.717) is 19.7 Å². The maximum absolute atomic E-state index is 12.5. The topological polar surface area (TPSA) is 55.7 Å². The second-order valence-corrected chi connectivity index (χ2v) is 6.18. The lowest BCUT2D eigenvalue weighted by Gasteiger charge is -2.35. The molecule has 1 N–H and O–H groups in total. The molecule has 0 aliphatic carbocycles. The molecule has 2 aromatic rings. The Morgan fingerprint density at radius 2 is 2.04 bits per heavy atom. The van der Waals surface area contributed by atoms with Gasteiger partial charge in [0.1, 0.15) is 6.61 Å². The summed E-state index contributed by atoms with van der Waals surface area (Å²) in [5.41, 5.74) is 1.17. The van der Waals surface area contributed by atoms with Crippen LogP contribution in [0.25, 0.3) is 0 Å². The van der Waals surface area contributed by atoms with Gasteiger partial charge in [0.25, 0.3) is 0 Å². The molecule has 6 nitrogen and oxygen atoms in total. The van der Waals surface area contributed by atoms with E-state index >= 15 is 0 Å². The molecule has 0 saturated carbocycles. The van der Waals surface area contributed by atoms with Crippen molar-refractivity contribution in [1.29, 1.82) is 0 Å². The molecule has 2 aliphatic heterocycles. The molecule has 0 unspecified atom stereocenters. The van der Waals surface area contributed by atoms with E-state index in [2.05, 4.69) is 29.1 Å². The average Bonchev–Trinajstić information content (AvgIpc) is 3.09. The molecule has 1 aromatic heterocycles. The highest BCUT2D eigenvalue weighted by Gasteiger charge is 2.28. The molecule has 3 heterocycles. The third-order valence-corrected chi connectivity index (χ3v) is 4.65. The van der Waals surface area contributed by atoms with Crippen LogP contribution in [-0.4, -0.2) is 41.3 Å². The van der Waals surface area contributed by atoms with E-state index in [-0.39, 0.29) is 18.2 Å². The SMILES string of the molecule is C[C@H]1c2cccn2CCN1C(=O)NC[C@@H]1COc2ccccc2O1. The van der Waals surface area contributed by atoms with E-state index in [1.54, 1.807) is 0 Å². The number of benzene rings is 1. The van der Waals surface area contributed by atoms with Gasteiger partial charge >= 0.3 is 6.03 Å². The van der Waals surface area contributed by atoms with Gasteiger partial charge in [-0.15, -0.1) is 0 Å². The van der Waals surface area contributed by atoms with Crippen LogP contribution in [0.15, 0.2) is 42.6 Å². The number of aromatic nitrogens is 1. The number of para-hydroxylation sites is 2. The molecule has 126 valence electrons. The highest BCUT2D eigenvalue weighted by molar-refractivity contribution is 5.74. The number of urea groups is 1. The zero-order valence-corrected chi connectivity index (χ0v) is 13.6. The molecule has 1 aromatic carbocycles. The Bertz CT molecular complexity index is 743. The van der Waals surface area contributed by atoms with Gasteiger partial charge in [-0.2, -0.15) is 0 Å². The first kappa shape index (κ1) is 14.9. The number of fused-ring (bicyclic) bond motifs is 2. The Hall–Kier alpha value is -2.63. The maximum Gasteiger partial charge on any atom is 0.318 e. The fourth-order valence-corrected chi connectivity index (χ4v) is 3.32. The van der Waals surface area contributed by atoms with Gasteiger partial charge in [-0.05, 0) is 31.2 Å². The average molecular weight is 327 g/mol. The van der Waals surface area contributed by atoms with Crippen molar-refractivity contribution in [2.24, 2.45) is 0 Å². The number of amides is 2. The molecule has 0 bridgehead atoms. The summed E-state index contributed by atoms with van der Waals surface area (Å²) in [5.74, 6) is 1.48. The first-order chi connectivity index (χ1) is 11.7. The molecule has 2 aliphatic rings. The lowest BCUT2D eigenvalue weighted by atomic mass is 10.1. The normalized spacial score (nSPS) is 22.0. The van der Waals surface area contributed by atoms with Crippen LogP contribution in [0.1, 0.15) is 18.7 Å². The van der Waals surface area contributed by atoms with Crippen LogP contribution in [0, 0.1) is 0 Å². The summed E-state index contributed by atoms with van der Waals surface area (Å²) < 4.78 is 13.8. The van der Waals surface area contributed by atoms with E-state index in [0.717, 1.165) is 18.0 Å². The molecule has 24 heavy (non-hydrogen) atoms. The van der Waals surface area contributed by atoms with Crippen molar-refractivity contribution in [1.82, 2.24) is 14.8 Å². The summed E-state index contributed by atoms with van der Waals surface area (Å²) in [6.45, 7) is 4.46. The number of carbonyl (C=O) groups excluding carboxylic acids is 1. The minimum atomic E-state index is -0.173. The lowest BCUT2D eigenvalue weighted by molar-refractivity contribution is 0.0884. The fourth-order valence-electron chi connectivity index (χ4n) is 3.32. The highest BCUT2D eigenvalue weighted by atomic mass is 16.6. The van der Waals surface area contributed by atoms with E-state index in [1.807, 2.05) is 35.2 Å². The zero-order chi connectivity index (χ0) is 16.5. The molecule has 2 amide bonds. The largest absolute Gasteiger partial charge is 0.486 e. The van der Waals surface area contributed by atoms with Crippen LogP contribution in [0.2, 0.25) is 0 Å². The van der Waals surface area contributed by atoms with Gasteiger partial charge in [0.2, 0.25) is 0 Å². The van der Waals surface area contributed by atoms with Gasteiger partial charge in [-0.3, -0.25) is 0 Å². The van der Waals surface area contributed by atoms with Gasteiger partial charge in [-0.25, -0.2) is 4.79 Å². The Morgan fingerprint density at radius 1 is 1.21 bits per heavy atom. The van der Waals surface area contributed by atoms with Crippen LogP contribution in [0.5, 0.6) is 11.5 Å². The number of ether oxygens (including phenoxy) is 2. The molecule has 6 heteroatoms. The summed E-state index contributed by atoms with van der Waals surface area (Å²) in [7, 11) is 0. The van der Waals surface area contributed by atoms with Crippen LogP contribution in [-0.2, 0) is 6.54 Å². The van der Waals surface area contributed by atoms with E-state index in [1.165, 1.54) is 5.69 Å². The minimum absolute atomic E-state index is 0.0580. The Balaban J connectivity index is 1.35. The molecule has 2 atom stereocenters. The quantitative estimate of drug-likeness (QED) is 0.921. The summed E-state index contributed by atoms with van der Waals surface area (Å²) in [5, 5.41) is 2.98. The first-order valence-corrected chi connectivity index (χ1v) is 8.30. The monoisotopic (exact) mass is 327 g/mol. The molecule has 0 spiro atoms. The van der Waals surface area contributed by atoms with Crippen molar-refractivity contribution in [3.05, 3.63) is 48.3 Å². The predicted octanol–water partition coefficient (Wildman–Crippen LogP) is 2.41. The number of carbonyl (C=O) groups is 1. The maximum atomic E-state index is 12.5. The molecular formula is C18H21N3O3. The number of nitrogens with one attached hydrogen (secondary N) is 1. The smallest absolute Gasteiger partial charge is 0.318 e. The molecule has 0 saturated heterocycles. The number of hydrogen-bond donors (Lipinski definition) is 1. The van der Waals surface area contributed by atoms with Gasteiger partial charge < -0.3 is 24.3 Å². The summed E-state index contributed by atoms with van der Waals surface area (Å²) in [4.78, 5) is 14.4. The third-order valence-electron chi connectivity index (χ3n) is 4.65. The Morgan fingerprint density at radius 3 is 2.92 bits per heavy atom. The Kier molecular flexibility index (Phi) is 3.80. The predicted molar refractivity (Wildman–Crippen MR) is 89.3 cm³/mol.